The normalized spacial score (nSPS) is 25.0. The van der Waals surface area contributed by atoms with Crippen molar-refractivity contribution in [2.24, 2.45) is 5.92 Å². The first-order valence-corrected chi connectivity index (χ1v) is 7.03. The van der Waals surface area contributed by atoms with Crippen LogP contribution in [0.1, 0.15) is 19.8 Å². The van der Waals surface area contributed by atoms with Gasteiger partial charge in [0.2, 0.25) is 0 Å². The Morgan fingerprint density at radius 2 is 1.95 bits per heavy atom. The third-order valence-electron chi connectivity index (χ3n) is 3.76. The summed E-state index contributed by atoms with van der Waals surface area (Å²) in [7, 11) is 0. The van der Waals surface area contributed by atoms with E-state index in [1.54, 1.807) is 12.1 Å². The zero-order chi connectivity index (χ0) is 13.7. The number of likely N-dealkylation sites (tertiary alicyclic amines) is 1. The molecule has 0 aliphatic carbocycles. The predicted octanol–water partition coefficient (Wildman–Crippen LogP) is 0.880. The van der Waals surface area contributed by atoms with Crippen LogP contribution in [0.3, 0.4) is 0 Å². The molecule has 0 bridgehead atoms. The van der Waals surface area contributed by atoms with Crippen molar-refractivity contribution in [1.82, 2.24) is 0 Å². The molecule has 2 N–H and O–H groups in total. The Labute approximate surface area is 114 Å². The molecule has 1 aromatic rings. The van der Waals surface area contributed by atoms with Gasteiger partial charge in [0.1, 0.15) is 30.8 Å². The molecule has 4 heteroatoms. The summed E-state index contributed by atoms with van der Waals surface area (Å²) in [5.41, 5.74) is 0. The number of benzene rings is 1. The molecule has 1 aromatic carbocycles. The first kappa shape index (κ1) is 14.3. The number of halogens is 1. The lowest BCUT2D eigenvalue weighted by Gasteiger charge is -2.28. The van der Waals surface area contributed by atoms with Crippen LogP contribution in [0.15, 0.2) is 24.3 Å². The van der Waals surface area contributed by atoms with Gasteiger partial charge in [-0.3, -0.25) is 0 Å². The van der Waals surface area contributed by atoms with E-state index in [-0.39, 0.29) is 12.4 Å². The summed E-state index contributed by atoms with van der Waals surface area (Å²) in [6.07, 6.45) is 2.01. The molecule has 1 saturated heterocycles. The number of aliphatic hydroxyl groups excluding tert-OH is 1. The minimum atomic E-state index is -0.464. The molecule has 3 nitrogen and oxygen atoms in total. The van der Waals surface area contributed by atoms with Crippen molar-refractivity contribution in [3.8, 4) is 5.75 Å². The van der Waals surface area contributed by atoms with Crippen molar-refractivity contribution < 1.29 is 19.1 Å². The molecule has 0 radical (unpaired) electrons. The van der Waals surface area contributed by atoms with E-state index in [2.05, 4.69) is 6.92 Å². The van der Waals surface area contributed by atoms with E-state index in [4.69, 9.17) is 4.74 Å². The highest BCUT2D eigenvalue weighted by Gasteiger charge is 2.21. The van der Waals surface area contributed by atoms with Crippen LogP contribution in [-0.2, 0) is 0 Å². The topological polar surface area (TPSA) is 33.9 Å². The Kier molecular flexibility index (Phi) is 5.16. The van der Waals surface area contributed by atoms with Crippen molar-refractivity contribution in [2.75, 3.05) is 26.2 Å². The van der Waals surface area contributed by atoms with Crippen LogP contribution >= 0.6 is 0 Å². The SMILES string of the molecule is CC1CC[NH+](CC(O)COc2ccc(F)cc2)CC1. The van der Waals surface area contributed by atoms with Gasteiger partial charge in [0.15, 0.2) is 0 Å². The molecule has 0 saturated carbocycles. The van der Waals surface area contributed by atoms with Crippen molar-refractivity contribution >= 4 is 0 Å². The minimum absolute atomic E-state index is 0.269. The van der Waals surface area contributed by atoms with Crippen molar-refractivity contribution in [1.29, 1.82) is 0 Å². The second-order valence-corrected chi connectivity index (χ2v) is 5.56. The van der Waals surface area contributed by atoms with E-state index in [1.807, 2.05) is 0 Å². The number of rotatable bonds is 5. The first-order chi connectivity index (χ1) is 9.13. The van der Waals surface area contributed by atoms with E-state index in [0.29, 0.717) is 5.75 Å². The number of nitrogens with one attached hydrogen (secondary N) is 1. The van der Waals surface area contributed by atoms with Gasteiger partial charge in [0.25, 0.3) is 0 Å². The average molecular weight is 268 g/mol. The summed E-state index contributed by atoms with van der Waals surface area (Å²) < 4.78 is 18.2. The molecule has 106 valence electrons. The second kappa shape index (κ2) is 6.87. The predicted molar refractivity (Wildman–Crippen MR) is 71.9 cm³/mol. The molecule has 1 aliphatic heterocycles. The fourth-order valence-electron chi connectivity index (χ4n) is 2.49. The Morgan fingerprint density at radius 1 is 1.32 bits per heavy atom. The Bertz CT molecular complexity index is 374. The molecule has 1 heterocycles. The maximum atomic E-state index is 12.7. The maximum absolute atomic E-state index is 12.7. The van der Waals surface area contributed by atoms with Crippen LogP contribution in [0.25, 0.3) is 0 Å². The summed E-state index contributed by atoms with van der Waals surface area (Å²) in [5.74, 6) is 1.14. The van der Waals surface area contributed by atoms with E-state index in [1.165, 1.54) is 29.9 Å². The van der Waals surface area contributed by atoms with Crippen LogP contribution in [-0.4, -0.2) is 37.5 Å². The van der Waals surface area contributed by atoms with Crippen molar-refractivity contribution in [3.63, 3.8) is 0 Å². The van der Waals surface area contributed by atoms with E-state index in [0.717, 1.165) is 25.6 Å². The minimum Gasteiger partial charge on any atom is -0.491 e. The van der Waals surface area contributed by atoms with E-state index < -0.39 is 6.10 Å². The van der Waals surface area contributed by atoms with E-state index in [9.17, 15) is 9.50 Å². The number of piperidine rings is 1. The van der Waals surface area contributed by atoms with Gasteiger partial charge < -0.3 is 14.7 Å². The van der Waals surface area contributed by atoms with Gasteiger partial charge in [-0.15, -0.1) is 0 Å². The van der Waals surface area contributed by atoms with Gasteiger partial charge in [0, 0.05) is 0 Å². The summed E-state index contributed by atoms with van der Waals surface area (Å²) in [6.45, 7) is 5.55. The Hall–Kier alpha value is -1.13. The summed E-state index contributed by atoms with van der Waals surface area (Å²) in [4.78, 5) is 1.45. The van der Waals surface area contributed by atoms with Crippen LogP contribution in [0.2, 0.25) is 0 Å². The number of aliphatic hydroxyl groups is 1. The van der Waals surface area contributed by atoms with Crippen LogP contribution in [0.4, 0.5) is 4.39 Å². The van der Waals surface area contributed by atoms with Crippen molar-refractivity contribution in [2.45, 2.75) is 25.9 Å². The van der Waals surface area contributed by atoms with Crippen LogP contribution < -0.4 is 9.64 Å². The lowest BCUT2D eigenvalue weighted by atomic mass is 9.99. The number of hydrogen-bond acceptors (Lipinski definition) is 2. The number of ether oxygens (including phenoxy) is 1. The fraction of sp³-hybridized carbons (Fsp3) is 0.600. The molecule has 19 heavy (non-hydrogen) atoms. The summed E-state index contributed by atoms with van der Waals surface area (Å²) in [6, 6.07) is 5.88. The lowest BCUT2D eigenvalue weighted by Crippen LogP contribution is -3.14. The molecule has 1 fully saturated rings. The fourth-order valence-corrected chi connectivity index (χ4v) is 2.49. The molecule has 1 unspecified atom stereocenters. The zero-order valence-corrected chi connectivity index (χ0v) is 11.4. The first-order valence-electron chi connectivity index (χ1n) is 7.03. The molecule has 1 aliphatic rings. The second-order valence-electron chi connectivity index (χ2n) is 5.56. The quantitative estimate of drug-likeness (QED) is 0.831. The number of hydrogen-bond donors (Lipinski definition) is 2. The Morgan fingerprint density at radius 3 is 2.58 bits per heavy atom. The molecule has 0 amide bonds. The van der Waals surface area contributed by atoms with E-state index >= 15 is 0 Å². The van der Waals surface area contributed by atoms with Gasteiger partial charge >= 0.3 is 0 Å². The third-order valence-corrected chi connectivity index (χ3v) is 3.76. The average Bonchev–Trinajstić information content (AvgIpc) is 2.41. The molecular weight excluding hydrogens is 245 g/mol. The van der Waals surface area contributed by atoms with Gasteiger partial charge in [-0.25, -0.2) is 4.39 Å². The lowest BCUT2D eigenvalue weighted by molar-refractivity contribution is -0.909. The van der Waals surface area contributed by atoms with Gasteiger partial charge in [-0.1, -0.05) is 6.92 Å². The highest BCUT2D eigenvalue weighted by molar-refractivity contribution is 5.22. The maximum Gasteiger partial charge on any atom is 0.137 e. The molecule has 1 atom stereocenters. The highest BCUT2D eigenvalue weighted by Crippen LogP contribution is 2.11. The third kappa shape index (κ3) is 4.80. The molecule has 0 spiro atoms. The molecule has 2 rings (SSSR count). The largest absolute Gasteiger partial charge is 0.491 e. The smallest absolute Gasteiger partial charge is 0.137 e. The monoisotopic (exact) mass is 268 g/mol. The summed E-state index contributed by atoms with van der Waals surface area (Å²) in [5, 5.41) is 9.96. The van der Waals surface area contributed by atoms with Gasteiger partial charge in [-0.05, 0) is 43.0 Å². The number of quaternary nitrogens is 1. The standard InChI is InChI=1S/C15H22FNO2/c1-12-6-8-17(9-7-12)10-14(18)11-19-15-4-2-13(16)3-5-15/h2-5,12,14,18H,6-11H2,1H3/p+1. The van der Waals surface area contributed by atoms with Crippen molar-refractivity contribution in [3.05, 3.63) is 30.1 Å². The zero-order valence-electron chi connectivity index (χ0n) is 11.4. The highest BCUT2D eigenvalue weighted by atomic mass is 19.1. The summed E-state index contributed by atoms with van der Waals surface area (Å²) >= 11 is 0. The van der Waals surface area contributed by atoms with Gasteiger partial charge in [-0.2, -0.15) is 0 Å². The van der Waals surface area contributed by atoms with Crippen LogP contribution in [0, 0.1) is 11.7 Å². The molecule has 0 aromatic heterocycles. The van der Waals surface area contributed by atoms with Gasteiger partial charge in [0.05, 0.1) is 13.1 Å². The Balaban J connectivity index is 1.69. The molecular formula is C15H23FNO2+. The van der Waals surface area contributed by atoms with Crippen LogP contribution in [0.5, 0.6) is 5.75 Å².